The molecule has 0 unspecified atom stereocenters. The van der Waals surface area contributed by atoms with Gasteiger partial charge in [0.15, 0.2) is 11.5 Å². The number of hydrogen-bond acceptors (Lipinski definition) is 8. The first-order chi connectivity index (χ1) is 16.4. The van der Waals surface area contributed by atoms with E-state index in [1.807, 2.05) is 0 Å². The van der Waals surface area contributed by atoms with Crippen LogP contribution in [0.5, 0.6) is 0 Å². The highest BCUT2D eigenvalue weighted by molar-refractivity contribution is 6.00. The fraction of sp³-hybridized carbons (Fsp3) is 0.348. The Labute approximate surface area is 195 Å². The maximum Gasteiger partial charge on any atom is 0.274 e. The molecule has 3 aromatic rings. The van der Waals surface area contributed by atoms with Crippen LogP contribution >= 0.6 is 0 Å². The van der Waals surface area contributed by atoms with Gasteiger partial charge in [0, 0.05) is 45.0 Å². The Kier molecular flexibility index (Phi) is 5.28. The molecule has 2 aromatic heterocycles. The van der Waals surface area contributed by atoms with Gasteiger partial charge in [0.25, 0.3) is 5.91 Å². The third-order valence-electron chi connectivity index (χ3n) is 6.46. The van der Waals surface area contributed by atoms with E-state index in [2.05, 4.69) is 31.6 Å². The Hall–Kier alpha value is -4.20. The lowest BCUT2D eigenvalue weighted by Crippen LogP contribution is -2.32. The molecule has 0 spiro atoms. The summed E-state index contributed by atoms with van der Waals surface area (Å²) in [5.41, 5.74) is 9.50. The van der Waals surface area contributed by atoms with Crippen molar-refractivity contribution in [3.05, 3.63) is 47.0 Å². The largest absolute Gasteiger partial charge is 0.383 e. The predicted molar refractivity (Wildman–Crippen MR) is 125 cm³/mol. The van der Waals surface area contributed by atoms with E-state index >= 15 is 0 Å². The van der Waals surface area contributed by atoms with E-state index < -0.39 is 0 Å². The van der Waals surface area contributed by atoms with Crippen LogP contribution in [0.25, 0.3) is 11.3 Å². The van der Waals surface area contributed by atoms with Crippen LogP contribution < -0.4 is 16.0 Å². The molecule has 10 nitrogen and oxygen atoms in total. The first-order valence-electron chi connectivity index (χ1n) is 11.0. The standard InChI is InChI=1S/C23H24FN9O/c1-31-9-7-27-15-6-5-13(24)10-14(15)17-4-3-8-33(17)18-11-16(28-29-22(18)26)20-19(12-25)32(2)30-21(20)23(31)34/h5-6,10-11,17,27H,3-4,7-9H2,1-2H3,(H2,26,29)/t17-/m1/s1. The Morgan fingerprint density at radius 3 is 2.85 bits per heavy atom. The van der Waals surface area contributed by atoms with Crippen LogP contribution in [-0.4, -0.2) is 57.5 Å². The second-order valence-corrected chi connectivity index (χ2v) is 8.54. The highest BCUT2D eigenvalue weighted by Crippen LogP contribution is 2.42. The molecule has 1 atom stereocenters. The van der Waals surface area contributed by atoms with Crippen LogP contribution in [-0.2, 0) is 7.05 Å². The number of fused-ring (bicyclic) bond motifs is 8. The van der Waals surface area contributed by atoms with Crippen LogP contribution in [0.1, 0.15) is 40.6 Å². The number of nitriles is 1. The van der Waals surface area contributed by atoms with E-state index in [-0.39, 0.29) is 35.0 Å². The van der Waals surface area contributed by atoms with Crippen LogP contribution in [0, 0.1) is 17.1 Å². The van der Waals surface area contributed by atoms with Crippen LogP contribution in [0.2, 0.25) is 0 Å². The minimum atomic E-state index is -0.343. The molecule has 1 saturated heterocycles. The van der Waals surface area contributed by atoms with Crippen molar-refractivity contribution in [2.75, 3.05) is 42.6 Å². The zero-order valence-corrected chi connectivity index (χ0v) is 18.9. The summed E-state index contributed by atoms with van der Waals surface area (Å²) >= 11 is 0. The molecule has 0 saturated carbocycles. The Balaban J connectivity index is 1.74. The number of likely N-dealkylation sites (N-methyl/N-ethyl adjacent to an activating group) is 1. The van der Waals surface area contributed by atoms with E-state index in [0.717, 1.165) is 24.1 Å². The smallest absolute Gasteiger partial charge is 0.274 e. The number of anilines is 3. The van der Waals surface area contributed by atoms with Crippen LogP contribution in [0.3, 0.4) is 0 Å². The lowest BCUT2D eigenvalue weighted by molar-refractivity contribution is 0.0794. The molecule has 11 heteroatoms. The van der Waals surface area contributed by atoms with Crippen LogP contribution in [0.4, 0.5) is 21.6 Å². The van der Waals surface area contributed by atoms with Gasteiger partial charge in [0.05, 0.1) is 17.3 Å². The number of hydrogen-bond donors (Lipinski definition) is 2. The van der Waals surface area contributed by atoms with Crippen LogP contribution in [0.15, 0.2) is 24.3 Å². The maximum atomic E-state index is 14.3. The number of nitrogens with one attached hydrogen (secondary N) is 1. The van der Waals surface area contributed by atoms with E-state index in [4.69, 9.17) is 5.73 Å². The van der Waals surface area contributed by atoms with Gasteiger partial charge in [-0.05, 0) is 37.1 Å². The monoisotopic (exact) mass is 461 g/mol. The van der Waals surface area contributed by atoms with Gasteiger partial charge in [-0.15, -0.1) is 10.2 Å². The van der Waals surface area contributed by atoms with Gasteiger partial charge in [-0.2, -0.15) is 10.4 Å². The van der Waals surface area contributed by atoms with Gasteiger partial charge in [0.1, 0.15) is 23.3 Å². The molecule has 2 aliphatic heterocycles. The van der Waals surface area contributed by atoms with Gasteiger partial charge >= 0.3 is 0 Å². The molecular weight excluding hydrogens is 437 g/mol. The number of nitrogens with two attached hydrogens (primary N) is 1. The Morgan fingerprint density at radius 2 is 2.06 bits per heavy atom. The van der Waals surface area contributed by atoms with E-state index in [1.165, 1.54) is 15.6 Å². The average Bonchev–Trinajstić information content (AvgIpc) is 3.43. The zero-order chi connectivity index (χ0) is 24.0. The summed E-state index contributed by atoms with van der Waals surface area (Å²) in [6, 6.07) is 8.44. The van der Waals surface area contributed by atoms with Crippen molar-refractivity contribution < 1.29 is 9.18 Å². The molecule has 2 aliphatic rings. The first-order valence-corrected chi connectivity index (χ1v) is 11.0. The van der Waals surface area contributed by atoms with Crippen molar-refractivity contribution in [1.82, 2.24) is 24.9 Å². The van der Waals surface area contributed by atoms with Gasteiger partial charge in [0.2, 0.25) is 0 Å². The molecule has 0 radical (unpaired) electrons. The molecule has 5 rings (SSSR count). The second kappa shape index (κ2) is 8.30. The minimum absolute atomic E-state index is 0.122. The number of nitrogens with zero attached hydrogens (tertiary/aromatic N) is 7. The third-order valence-corrected chi connectivity index (χ3v) is 6.46. The Morgan fingerprint density at radius 1 is 1.24 bits per heavy atom. The number of amides is 1. The van der Waals surface area contributed by atoms with Crippen molar-refractivity contribution in [3.8, 4) is 17.3 Å². The van der Waals surface area contributed by atoms with Crippen molar-refractivity contribution in [3.63, 3.8) is 0 Å². The number of nitrogen functional groups attached to an aromatic ring is 1. The average molecular weight is 462 g/mol. The molecule has 1 aromatic carbocycles. The summed E-state index contributed by atoms with van der Waals surface area (Å²) in [7, 11) is 3.28. The van der Waals surface area contributed by atoms with Gasteiger partial charge in [-0.25, -0.2) is 4.39 Å². The second-order valence-electron chi connectivity index (χ2n) is 8.54. The topological polar surface area (TPSA) is 129 Å². The molecule has 0 aliphatic carbocycles. The normalized spacial score (nSPS) is 17.8. The molecule has 1 amide bonds. The van der Waals surface area contributed by atoms with E-state index in [1.54, 1.807) is 32.3 Å². The Bertz CT molecular complexity index is 1330. The summed E-state index contributed by atoms with van der Waals surface area (Å²) in [5, 5.41) is 25.9. The molecule has 1 fully saturated rings. The predicted octanol–water partition coefficient (Wildman–Crippen LogP) is 2.31. The van der Waals surface area contributed by atoms with Crippen molar-refractivity contribution in [2.24, 2.45) is 7.05 Å². The number of aromatic nitrogens is 4. The molecule has 3 N–H and O–H groups in total. The summed E-state index contributed by atoms with van der Waals surface area (Å²) in [4.78, 5) is 16.9. The fourth-order valence-corrected chi connectivity index (χ4v) is 4.78. The summed E-state index contributed by atoms with van der Waals surface area (Å²) in [6.45, 7) is 1.53. The minimum Gasteiger partial charge on any atom is -0.383 e. The quantitative estimate of drug-likeness (QED) is 0.522. The highest BCUT2D eigenvalue weighted by Gasteiger charge is 2.33. The number of carbonyl (C=O) groups excluding carboxylic acids is 1. The van der Waals surface area contributed by atoms with Crippen molar-refractivity contribution in [2.45, 2.75) is 18.9 Å². The number of halogens is 1. The molecule has 174 valence electrons. The lowest BCUT2D eigenvalue weighted by Gasteiger charge is -2.30. The molecule has 4 heterocycles. The number of benzene rings is 1. The van der Waals surface area contributed by atoms with Gasteiger partial charge < -0.3 is 20.9 Å². The summed E-state index contributed by atoms with van der Waals surface area (Å²) in [6.07, 6.45) is 1.70. The molecular formula is C23H24FN9O. The zero-order valence-electron chi connectivity index (χ0n) is 18.9. The highest BCUT2D eigenvalue weighted by atomic mass is 19.1. The lowest BCUT2D eigenvalue weighted by atomic mass is 10.0. The summed E-state index contributed by atoms with van der Waals surface area (Å²) < 4.78 is 15.7. The fourth-order valence-electron chi connectivity index (χ4n) is 4.78. The van der Waals surface area contributed by atoms with Gasteiger partial charge in [-0.1, -0.05) is 0 Å². The number of carbonyl (C=O) groups is 1. The number of rotatable bonds is 0. The maximum absolute atomic E-state index is 14.3. The molecule has 2 bridgehead atoms. The number of aryl methyl sites for hydroxylation is 1. The molecule has 34 heavy (non-hydrogen) atoms. The third kappa shape index (κ3) is 3.48. The summed E-state index contributed by atoms with van der Waals surface area (Å²) in [5.74, 6) is -0.438. The van der Waals surface area contributed by atoms with Crippen molar-refractivity contribution in [1.29, 1.82) is 5.26 Å². The van der Waals surface area contributed by atoms with Crippen molar-refractivity contribution >= 4 is 23.1 Å². The van der Waals surface area contributed by atoms with E-state index in [0.29, 0.717) is 36.6 Å². The first kappa shape index (κ1) is 21.6. The SMILES string of the molecule is CN1CCNc2ccc(F)cc2[C@H]2CCCN2c2cc(nnc2N)-c2c(nn(C)c2C#N)C1=O. The van der Waals surface area contributed by atoms with Gasteiger partial charge in [-0.3, -0.25) is 9.48 Å². The van der Waals surface area contributed by atoms with E-state index in [9.17, 15) is 14.4 Å².